The SMILES string of the molecule is CCN(CCC(=O)Nc1ccc(C(=O)Nc2ccccc2OC)cc1)Cc1ccccc1Cl. The highest BCUT2D eigenvalue weighted by Crippen LogP contribution is 2.24. The van der Waals surface area contributed by atoms with Crippen LogP contribution in [0, 0.1) is 0 Å². The van der Waals surface area contributed by atoms with Crippen molar-refractivity contribution in [1.82, 2.24) is 4.90 Å². The van der Waals surface area contributed by atoms with Crippen molar-refractivity contribution in [3.8, 4) is 5.75 Å². The molecule has 3 rings (SSSR count). The minimum Gasteiger partial charge on any atom is -0.495 e. The number of anilines is 2. The normalized spacial score (nSPS) is 10.7. The van der Waals surface area contributed by atoms with Gasteiger partial charge in [0, 0.05) is 35.8 Å². The number of nitrogens with one attached hydrogen (secondary N) is 2. The van der Waals surface area contributed by atoms with E-state index in [0.717, 1.165) is 17.1 Å². The van der Waals surface area contributed by atoms with Crippen LogP contribution in [0.5, 0.6) is 5.75 Å². The van der Waals surface area contributed by atoms with Crippen LogP contribution in [0.15, 0.2) is 72.8 Å². The van der Waals surface area contributed by atoms with Gasteiger partial charge in [0.25, 0.3) is 5.91 Å². The Morgan fingerprint density at radius 3 is 2.33 bits per heavy atom. The number of benzene rings is 3. The number of ether oxygens (including phenoxy) is 1. The number of carbonyl (C=O) groups excluding carboxylic acids is 2. The maximum atomic E-state index is 12.5. The number of methoxy groups -OCH3 is 1. The maximum absolute atomic E-state index is 12.5. The Kier molecular flexibility index (Phi) is 8.87. The summed E-state index contributed by atoms with van der Waals surface area (Å²) in [4.78, 5) is 27.1. The highest BCUT2D eigenvalue weighted by molar-refractivity contribution is 6.31. The number of hydrogen-bond acceptors (Lipinski definition) is 4. The van der Waals surface area contributed by atoms with Gasteiger partial charge in [0.1, 0.15) is 5.75 Å². The first kappa shape index (κ1) is 24.3. The first-order valence-electron chi connectivity index (χ1n) is 10.8. The van der Waals surface area contributed by atoms with Crippen molar-refractivity contribution >= 4 is 34.8 Å². The predicted molar refractivity (Wildman–Crippen MR) is 133 cm³/mol. The Bertz CT molecular complexity index is 1090. The molecular weight excluding hydrogens is 438 g/mol. The summed E-state index contributed by atoms with van der Waals surface area (Å²) in [6.07, 6.45) is 0.355. The zero-order chi connectivity index (χ0) is 23.6. The Morgan fingerprint density at radius 1 is 0.939 bits per heavy atom. The third-order valence-electron chi connectivity index (χ3n) is 5.24. The number of hydrogen-bond donors (Lipinski definition) is 2. The second-order valence-electron chi connectivity index (χ2n) is 7.49. The second-order valence-corrected chi connectivity index (χ2v) is 7.90. The average molecular weight is 466 g/mol. The minimum absolute atomic E-state index is 0.0844. The van der Waals surface area contributed by atoms with Crippen LogP contribution in [0.4, 0.5) is 11.4 Å². The molecule has 0 unspecified atom stereocenters. The molecule has 0 aliphatic rings. The van der Waals surface area contributed by atoms with E-state index in [1.807, 2.05) is 36.4 Å². The van der Waals surface area contributed by atoms with Crippen LogP contribution >= 0.6 is 11.6 Å². The molecule has 7 heteroatoms. The third-order valence-corrected chi connectivity index (χ3v) is 5.61. The van der Waals surface area contributed by atoms with Crippen LogP contribution in [-0.2, 0) is 11.3 Å². The van der Waals surface area contributed by atoms with Crippen molar-refractivity contribution in [2.24, 2.45) is 0 Å². The van der Waals surface area contributed by atoms with Crippen molar-refractivity contribution in [2.45, 2.75) is 19.9 Å². The predicted octanol–water partition coefficient (Wildman–Crippen LogP) is 5.45. The fraction of sp³-hybridized carbons (Fsp3) is 0.231. The summed E-state index contributed by atoms with van der Waals surface area (Å²) in [6.45, 7) is 4.18. The largest absolute Gasteiger partial charge is 0.495 e. The minimum atomic E-state index is -0.254. The lowest BCUT2D eigenvalue weighted by molar-refractivity contribution is -0.116. The van der Waals surface area contributed by atoms with Gasteiger partial charge in [-0.05, 0) is 54.6 Å². The lowest BCUT2D eigenvalue weighted by Crippen LogP contribution is -2.27. The van der Waals surface area contributed by atoms with Crippen molar-refractivity contribution in [2.75, 3.05) is 30.8 Å². The summed E-state index contributed by atoms with van der Waals surface area (Å²) in [5.41, 5.74) is 2.77. The molecule has 0 heterocycles. The molecule has 0 radical (unpaired) electrons. The van der Waals surface area contributed by atoms with Crippen molar-refractivity contribution in [3.63, 3.8) is 0 Å². The summed E-state index contributed by atoms with van der Waals surface area (Å²) < 4.78 is 5.26. The molecule has 0 fully saturated rings. The summed E-state index contributed by atoms with van der Waals surface area (Å²) in [6, 6.07) is 21.7. The quantitative estimate of drug-likeness (QED) is 0.417. The molecule has 3 aromatic carbocycles. The molecule has 0 atom stereocenters. The average Bonchev–Trinajstić information content (AvgIpc) is 2.83. The van der Waals surface area contributed by atoms with Crippen LogP contribution in [0.2, 0.25) is 5.02 Å². The van der Waals surface area contributed by atoms with Crippen molar-refractivity contribution in [1.29, 1.82) is 0 Å². The monoisotopic (exact) mass is 465 g/mol. The highest BCUT2D eigenvalue weighted by Gasteiger charge is 2.12. The van der Waals surface area contributed by atoms with E-state index in [2.05, 4.69) is 22.5 Å². The number of nitrogens with zero attached hydrogens (tertiary/aromatic N) is 1. The molecule has 0 saturated heterocycles. The molecule has 2 N–H and O–H groups in total. The summed E-state index contributed by atoms with van der Waals surface area (Å²) >= 11 is 6.25. The molecule has 2 amide bonds. The highest BCUT2D eigenvalue weighted by atomic mass is 35.5. The van der Waals surface area contributed by atoms with Gasteiger partial charge in [-0.25, -0.2) is 0 Å². The van der Waals surface area contributed by atoms with Crippen molar-refractivity contribution in [3.05, 3.63) is 88.9 Å². The summed E-state index contributed by atoms with van der Waals surface area (Å²) in [5.74, 6) is 0.250. The van der Waals surface area contributed by atoms with E-state index >= 15 is 0 Å². The van der Waals surface area contributed by atoms with E-state index in [9.17, 15) is 9.59 Å². The molecule has 3 aromatic rings. The van der Waals surface area contributed by atoms with Crippen molar-refractivity contribution < 1.29 is 14.3 Å². The molecular formula is C26H28ClN3O3. The van der Waals surface area contributed by atoms with E-state index in [1.165, 1.54) is 0 Å². The summed E-state index contributed by atoms with van der Waals surface area (Å²) in [5, 5.41) is 6.45. The van der Waals surface area contributed by atoms with E-state index in [-0.39, 0.29) is 11.8 Å². The van der Waals surface area contributed by atoms with E-state index < -0.39 is 0 Å². The lowest BCUT2D eigenvalue weighted by atomic mass is 10.1. The van der Waals surface area contributed by atoms with Crippen LogP contribution in [0.25, 0.3) is 0 Å². The molecule has 0 aliphatic heterocycles. The third kappa shape index (κ3) is 7.07. The molecule has 6 nitrogen and oxygen atoms in total. The zero-order valence-corrected chi connectivity index (χ0v) is 19.6. The lowest BCUT2D eigenvalue weighted by Gasteiger charge is -2.20. The van der Waals surface area contributed by atoms with Gasteiger partial charge in [-0.3, -0.25) is 14.5 Å². The van der Waals surface area contributed by atoms with Gasteiger partial charge in [0.05, 0.1) is 12.8 Å². The Labute approximate surface area is 199 Å². The second kappa shape index (κ2) is 12.0. The number of amides is 2. The summed E-state index contributed by atoms with van der Waals surface area (Å²) in [7, 11) is 1.55. The molecule has 172 valence electrons. The number of carbonyl (C=O) groups is 2. The van der Waals surface area contributed by atoms with E-state index in [0.29, 0.717) is 42.2 Å². The molecule has 0 aromatic heterocycles. The fourth-order valence-corrected chi connectivity index (χ4v) is 3.54. The van der Waals surface area contributed by atoms with Crippen LogP contribution in [-0.4, -0.2) is 36.9 Å². The van der Waals surface area contributed by atoms with Gasteiger partial charge in [-0.1, -0.05) is 48.9 Å². The topological polar surface area (TPSA) is 70.7 Å². The smallest absolute Gasteiger partial charge is 0.255 e. The standard InChI is InChI=1S/C26H28ClN3O3/c1-3-30(18-20-8-4-5-9-22(20)27)17-16-25(31)28-21-14-12-19(13-15-21)26(32)29-23-10-6-7-11-24(23)33-2/h4-15H,3,16-18H2,1-2H3,(H,28,31)(H,29,32). The Balaban J connectivity index is 1.51. The molecule has 0 bridgehead atoms. The maximum Gasteiger partial charge on any atom is 0.255 e. The van der Waals surface area contributed by atoms with Gasteiger partial charge < -0.3 is 15.4 Å². The number of halogens is 1. The molecule has 33 heavy (non-hydrogen) atoms. The zero-order valence-electron chi connectivity index (χ0n) is 18.8. The van der Waals surface area contributed by atoms with Gasteiger partial charge in [-0.15, -0.1) is 0 Å². The number of rotatable bonds is 10. The molecule has 0 saturated carbocycles. The van der Waals surface area contributed by atoms with Crippen LogP contribution in [0.3, 0.4) is 0 Å². The van der Waals surface area contributed by atoms with E-state index in [1.54, 1.807) is 43.5 Å². The first-order valence-corrected chi connectivity index (χ1v) is 11.2. The Hall–Kier alpha value is -3.35. The van der Waals surface area contributed by atoms with Gasteiger partial charge >= 0.3 is 0 Å². The first-order chi connectivity index (χ1) is 16.0. The van der Waals surface area contributed by atoms with Crippen LogP contribution < -0.4 is 15.4 Å². The van der Waals surface area contributed by atoms with Gasteiger partial charge in [0.2, 0.25) is 5.91 Å². The van der Waals surface area contributed by atoms with Gasteiger partial charge in [-0.2, -0.15) is 0 Å². The van der Waals surface area contributed by atoms with E-state index in [4.69, 9.17) is 16.3 Å². The fourth-order valence-electron chi connectivity index (χ4n) is 3.35. The molecule has 0 spiro atoms. The van der Waals surface area contributed by atoms with Crippen LogP contribution in [0.1, 0.15) is 29.3 Å². The number of para-hydroxylation sites is 2. The Morgan fingerprint density at radius 2 is 1.64 bits per heavy atom. The van der Waals surface area contributed by atoms with Gasteiger partial charge in [0.15, 0.2) is 0 Å². The molecule has 0 aliphatic carbocycles.